The minimum atomic E-state index is 0.270. The summed E-state index contributed by atoms with van der Waals surface area (Å²) in [7, 11) is 1.68. The number of likely N-dealkylation sites (tertiary alicyclic amines) is 1. The molecule has 1 heterocycles. The van der Waals surface area contributed by atoms with Gasteiger partial charge in [0.15, 0.2) is 0 Å². The Kier molecular flexibility index (Phi) is 5.83. The van der Waals surface area contributed by atoms with Crippen LogP contribution in [0.25, 0.3) is 0 Å². The molecular weight excluding hydrogens is 252 g/mol. The largest absolute Gasteiger partial charge is 0.497 e. The van der Waals surface area contributed by atoms with Crippen LogP contribution in [0.2, 0.25) is 0 Å². The summed E-state index contributed by atoms with van der Waals surface area (Å²) < 4.78 is 5.21. The van der Waals surface area contributed by atoms with E-state index in [1.165, 1.54) is 18.4 Å². The summed E-state index contributed by atoms with van der Waals surface area (Å²) in [6, 6.07) is 9.04. The van der Waals surface area contributed by atoms with Crippen molar-refractivity contribution in [2.24, 2.45) is 5.73 Å². The van der Waals surface area contributed by atoms with Crippen molar-refractivity contribution in [1.29, 1.82) is 0 Å². The first kappa shape index (κ1) is 15.3. The van der Waals surface area contributed by atoms with Crippen LogP contribution >= 0.6 is 0 Å². The van der Waals surface area contributed by atoms with Crippen LogP contribution < -0.4 is 10.5 Å². The Morgan fingerprint density at radius 1 is 1.40 bits per heavy atom. The topological polar surface area (TPSA) is 58.7 Å². The number of aliphatic hydroxyl groups excluding tert-OH is 1. The van der Waals surface area contributed by atoms with Gasteiger partial charge in [-0.15, -0.1) is 0 Å². The third-order valence-electron chi connectivity index (χ3n) is 4.24. The van der Waals surface area contributed by atoms with Gasteiger partial charge in [-0.25, -0.2) is 0 Å². The molecule has 20 heavy (non-hydrogen) atoms. The number of nitrogens with two attached hydrogens (primary N) is 1. The van der Waals surface area contributed by atoms with Crippen molar-refractivity contribution in [3.63, 3.8) is 0 Å². The highest BCUT2D eigenvalue weighted by Gasteiger charge is 2.30. The van der Waals surface area contributed by atoms with Crippen molar-refractivity contribution in [3.05, 3.63) is 29.8 Å². The molecule has 4 heteroatoms. The maximum atomic E-state index is 9.03. The van der Waals surface area contributed by atoms with Gasteiger partial charge in [0.2, 0.25) is 0 Å². The summed E-state index contributed by atoms with van der Waals surface area (Å²) in [5.41, 5.74) is 7.28. The summed E-state index contributed by atoms with van der Waals surface area (Å²) in [6.07, 6.45) is 4.37. The summed E-state index contributed by atoms with van der Waals surface area (Å²) in [4.78, 5) is 2.51. The molecule has 1 fully saturated rings. The van der Waals surface area contributed by atoms with Gasteiger partial charge in [0.25, 0.3) is 0 Å². The zero-order valence-electron chi connectivity index (χ0n) is 12.3. The number of hydrogen-bond donors (Lipinski definition) is 2. The Morgan fingerprint density at radius 3 is 2.75 bits per heavy atom. The van der Waals surface area contributed by atoms with Crippen molar-refractivity contribution in [1.82, 2.24) is 4.90 Å². The molecule has 0 spiro atoms. The first-order chi connectivity index (χ1) is 9.80. The zero-order chi connectivity index (χ0) is 14.4. The molecule has 0 bridgehead atoms. The molecule has 1 saturated heterocycles. The number of ether oxygens (including phenoxy) is 1. The van der Waals surface area contributed by atoms with E-state index in [0.29, 0.717) is 12.6 Å². The molecule has 3 N–H and O–H groups in total. The fraction of sp³-hybridized carbons (Fsp3) is 0.625. The molecule has 112 valence electrons. The molecule has 2 atom stereocenters. The van der Waals surface area contributed by atoms with E-state index in [2.05, 4.69) is 17.0 Å². The van der Waals surface area contributed by atoms with Crippen LogP contribution in [0.3, 0.4) is 0 Å². The second kappa shape index (κ2) is 7.62. The first-order valence-electron chi connectivity index (χ1n) is 7.50. The number of nitrogens with zero attached hydrogens (tertiary/aromatic N) is 1. The fourth-order valence-electron chi connectivity index (χ4n) is 3.19. The molecule has 0 aliphatic carbocycles. The van der Waals surface area contributed by atoms with Gasteiger partial charge in [0.05, 0.1) is 7.11 Å². The Bertz CT molecular complexity index is 394. The van der Waals surface area contributed by atoms with Gasteiger partial charge >= 0.3 is 0 Å². The van der Waals surface area contributed by atoms with Gasteiger partial charge in [-0.3, -0.25) is 4.90 Å². The second-order valence-electron chi connectivity index (χ2n) is 5.42. The number of rotatable bonds is 7. The highest BCUT2D eigenvalue weighted by molar-refractivity contribution is 5.29. The van der Waals surface area contributed by atoms with Gasteiger partial charge in [-0.1, -0.05) is 12.1 Å². The van der Waals surface area contributed by atoms with E-state index in [9.17, 15) is 0 Å². The molecule has 1 aromatic carbocycles. The number of benzene rings is 1. The normalized spacial score (nSPS) is 21.1. The maximum absolute atomic E-state index is 9.03. The van der Waals surface area contributed by atoms with E-state index < -0.39 is 0 Å². The summed E-state index contributed by atoms with van der Waals surface area (Å²) >= 11 is 0. The predicted octanol–water partition coefficient (Wildman–Crippen LogP) is 1.93. The summed E-state index contributed by atoms with van der Waals surface area (Å²) in [6.45, 7) is 2.01. The van der Waals surface area contributed by atoms with Crippen molar-refractivity contribution in [2.45, 2.75) is 37.8 Å². The van der Waals surface area contributed by atoms with Crippen LogP contribution in [-0.2, 0) is 0 Å². The van der Waals surface area contributed by atoms with Crippen LogP contribution in [0.5, 0.6) is 5.75 Å². The lowest BCUT2D eigenvalue weighted by Crippen LogP contribution is -2.37. The SMILES string of the molecule is COc1ccc(C(CN)N2CCCC2CCCO)cc1. The van der Waals surface area contributed by atoms with Crippen LogP contribution in [0.4, 0.5) is 0 Å². The van der Waals surface area contributed by atoms with Gasteiger partial charge in [-0.2, -0.15) is 0 Å². The lowest BCUT2D eigenvalue weighted by atomic mass is 10.0. The average molecular weight is 278 g/mol. The average Bonchev–Trinajstić information content (AvgIpc) is 2.95. The molecule has 1 aliphatic rings. The minimum Gasteiger partial charge on any atom is -0.497 e. The van der Waals surface area contributed by atoms with E-state index in [4.69, 9.17) is 15.6 Å². The molecule has 0 radical (unpaired) electrons. The Hall–Kier alpha value is -1.10. The molecule has 0 amide bonds. The third kappa shape index (κ3) is 3.51. The molecular formula is C16H26N2O2. The third-order valence-corrected chi connectivity index (χ3v) is 4.24. The number of hydrogen-bond acceptors (Lipinski definition) is 4. The maximum Gasteiger partial charge on any atom is 0.118 e. The highest BCUT2D eigenvalue weighted by Crippen LogP contribution is 2.31. The second-order valence-corrected chi connectivity index (χ2v) is 5.42. The standard InChI is InChI=1S/C16H26N2O2/c1-20-15-8-6-13(7-9-15)16(12-17)18-10-2-4-14(18)5-3-11-19/h6-9,14,16,19H,2-5,10-12,17H2,1H3. The monoisotopic (exact) mass is 278 g/mol. The molecule has 2 unspecified atom stereocenters. The van der Waals surface area contributed by atoms with Crippen molar-refractivity contribution >= 4 is 0 Å². The Morgan fingerprint density at radius 2 is 2.15 bits per heavy atom. The van der Waals surface area contributed by atoms with Crippen LogP contribution in [0.15, 0.2) is 24.3 Å². The van der Waals surface area contributed by atoms with Gasteiger partial charge in [0.1, 0.15) is 5.75 Å². The van der Waals surface area contributed by atoms with E-state index >= 15 is 0 Å². The summed E-state index contributed by atoms with van der Waals surface area (Å²) in [5, 5.41) is 9.03. The lowest BCUT2D eigenvalue weighted by Gasteiger charge is -2.32. The minimum absolute atomic E-state index is 0.270. The van der Waals surface area contributed by atoms with Crippen molar-refractivity contribution in [3.8, 4) is 5.75 Å². The van der Waals surface area contributed by atoms with Crippen molar-refractivity contribution < 1.29 is 9.84 Å². The quantitative estimate of drug-likeness (QED) is 0.800. The van der Waals surface area contributed by atoms with E-state index in [1.807, 2.05) is 12.1 Å². The van der Waals surface area contributed by atoms with Gasteiger partial charge in [0, 0.05) is 25.2 Å². The number of methoxy groups -OCH3 is 1. The molecule has 1 aliphatic heterocycles. The van der Waals surface area contributed by atoms with Crippen LogP contribution in [-0.4, -0.2) is 42.9 Å². The van der Waals surface area contributed by atoms with E-state index in [0.717, 1.165) is 25.1 Å². The van der Waals surface area contributed by atoms with E-state index in [1.54, 1.807) is 7.11 Å². The van der Waals surface area contributed by atoms with E-state index in [-0.39, 0.29) is 12.6 Å². The highest BCUT2D eigenvalue weighted by atomic mass is 16.5. The molecule has 4 nitrogen and oxygen atoms in total. The smallest absolute Gasteiger partial charge is 0.118 e. The first-order valence-corrected chi connectivity index (χ1v) is 7.50. The molecule has 2 rings (SSSR count). The molecule has 0 saturated carbocycles. The lowest BCUT2D eigenvalue weighted by molar-refractivity contribution is 0.165. The number of aliphatic hydroxyl groups is 1. The van der Waals surface area contributed by atoms with Gasteiger partial charge in [-0.05, 0) is 49.9 Å². The van der Waals surface area contributed by atoms with Crippen LogP contribution in [0.1, 0.15) is 37.3 Å². The predicted molar refractivity (Wildman–Crippen MR) is 80.8 cm³/mol. The van der Waals surface area contributed by atoms with Crippen LogP contribution in [0, 0.1) is 0 Å². The Labute approximate surface area is 121 Å². The zero-order valence-corrected chi connectivity index (χ0v) is 12.3. The fourth-order valence-corrected chi connectivity index (χ4v) is 3.19. The Balaban J connectivity index is 2.09. The van der Waals surface area contributed by atoms with Gasteiger partial charge < -0.3 is 15.6 Å². The van der Waals surface area contributed by atoms with Crippen molar-refractivity contribution in [2.75, 3.05) is 26.8 Å². The molecule has 1 aromatic rings. The summed E-state index contributed by atoms with van der Waals surface area (Å²) in [5.74, 6) is 0.878. The molecule has 0 aromatic heterocycles.